The Hall–Kier alpha value is -2.89. The van der Waals surface area contributed by atoms with Gasteiger partial charge in [0.2, 0.25) is 0 Å². The van der Waals surface area contributed by atoms with Crippen LogP contribution in [0.2, 0.25) is 0 Å². The summed E-state index contributed by atoms with van der Waals surface area (Å²) in [4.78, 5) is 12.2. The van der Waals surface area contributed by atoms with Crippen molar-refractivity contribution in [2.24, 2.45) is 0 Å². The van der Waals surface area contributed by atoms with Gasteiger partial charge in [0.15, 0.2) is 0 Å². The molecule has 1 aliphatic carbocycles. The fraction of sp³-hybridized carbons (Fsp3) is 0.192. The number of benzene rings is 3. The van der Waals surface area contributed by atoms with Crippen LogP contribution in [0.4, 0.5) is 4.79 Å². The van der Waals surface area contributed by atoms with Gasteiger partial charge in [-0.2, -0.15) is 0 Å². The standard InChI is InChI=1S/C26H24BrNO3/c27-25-13-12-18(15-19(25)16-29)7-5-6-14-28-26(30)31-17-24-22-10-3-1-8-20(22)21-9-2-4-11-23(21)24/h1-5,7-13,15,24,29H,6,14,16-17H2,(H,28,30). The van der Waals surface area contributed by atoms with Gasteiger partial charge in [0.1, 0.15) is 6.61 Å². The lowest BCUT2D eigenvalue weighted by molar-refractivity contribution is 0.143. The third kappa shape index (κ3) is 4.89. The zero-order chi connectivity index (χ0) is 21.6. The Kier molecular flexibility index (Phi) is 6.85. The topological polar surface area (TPSA) is 58.6 Å². The Balaban J connectivity index is 1.27. The van der Waals surface area contributed by atoms with E-state index in [1.807, 2.05) is 54.6 Å². The minimum absolute atomic E-state index is 0.00833. The number of carbonyl (C=O) groups excluding carboxylic acids is 1. The van der Waals surface area contributed by atoms with Gasteiger partial charge >= 0.3 is 6.09 Å². The van der Waals surface area contributed by atoms with Gasteiger partial charge in [-0.25, -0.2) is 4.79 Å². The minimum Gasteiger partial charge on any atom is -0.449 e. The van der Waals surface area contributed by atoms with Crippen molar-refractivity contribution in [1.29, 1.82) is 0 Å². The Morgan fingerprint density at radius 1 is 1.03 bits per heavy atom. The van der Waals surface area contributed by atoms with Crippen molar-refractivity contribution in [2.45, 2.75) is 18.9 Å². The first kappa shape index (κ1) is 21.3. The van der Waals surface area contributed by atoms with Crippen molar-refractivity contribution in [1.82, 2.24) is 5.32 Å². The van der Waals surface area contributed by atoms with E-state index in [1.165, 1.54) is 22.3 Å². The maximum absolute atomic E-state index is 12.2. The average Bonchev–Trinajstić information content (AvgIpc) is 3.12. The van der Waals surface area contributed by atoms with Gasteiger partial charge < -0.3 is 15.2 Å². The maximum atomic E-state index is 12.2. The lowest BCUT2D eigenvalue weighted by atomic mass is 9.98. The van der Waals surface area contributed by atoms with Crippen LogP contribution in [0.1, 0.15) is 34.6 Å². The summed E-state index contributed by atoms with van der Waals surface area (Å²) in [7, 11) is 0. The molecule has 0 radical (unpaired) electrons. The van der Waals surface area contributed by atoms with E-state index in [9.17, 15) is 9.90 Å². The van der Waals surface area contributed by atoms with Crippen molar-refractivity contribution in [3.05, 3.63) is 99.5 Å². The number of fused-ring (bicyclic) bond motifs is 3. The second-order valence-electron chi connectivity index (χ2n) is 7.45. The van der Waals surface area contributed by atoms with Crippen LogP contribution in [0.25, 0.3) is 17.2 Å². The van der Waals surface area contributed by atoms with Gasteiger partial charge in [-0.1, -0.05) is 82.7 Å². The number of hydrogen-bond donors (Lipinski definition) is 2. The molecule has 0 saturated heterocycles. The van der Waals surface area contributed by atoms with E-state index < -0.39 is 6.09 Å². The second kappa shape index (κ2) is 9.94. The van der Waals surface area contributed by atoms with Crippen molar-refractivity contribution in [3.63, 3.8) is 0 Å². The lowest BCUT2D eigenvalue weighted by Crippen LogP contribution is -2.26. The van der Waals surface area contributed by atoms with Gasteiger partial charge in [-0.3, -0.25) is 0 Å². The first-order chi connectivity index (χ1) is 15.2. The number of nitrogens with one attached hydrogen (secondary N) is 1. The van der Waals surface area contributed by atoms with E-state index in [2.05, 4.69) is 45.5 Å². The van der Waals surface area contributed by atoms with Crippen LogP contribution < -0.4 is 5.32 Å². The number of alkyl carbamates (subject to hydrolysis) is 1. The highest BCUT2D eigenvalue weighted by molar-refractivity contribution is 9.10. The molecule has 158 valence electrons. The molecule has 1 amide bonds. The molecular weight excluding hydrogens is 454 g/mol. The molecule has 3 aromatic carbocycles. The van der Waals surface area contributed by atoms with Crippen LogP contribution in [0.15, 0.2) is 77.3 Å². The molecule has 5 heteroatoms. The van der Waals surface area contributed by atoms with Crippen LogP contribution in [0, 0.1) is 0 Å². The van der Waals surface area contributed by atoms with Crippen LogP contribution in [0.3, 0.4) is 0 Å². The monoisotopic (exact) mass is 477 g/mol. The van der Waals surface area contributed by atoms with Crippen molar-refractivity contribution >= 4 is 28.1 Å². The molecule has 4 nitrogen and oxygen atoms in total. The van der Waals surface area contributed by atoms with Crippen molar-refractivity contribution < 1.29 is 14.6 Å². The third-order valence-electron chi connectivity index (χ3n) is 5.47. The van der Waals surface area contributed by atoms with Crippen molar-refractivity contribution in [2.75, 3.05) is 13.2 Å². The number of hydrogen-bond acceptors (Lipinski definition) is 3. The molecule has 0 unspecified atom stereocenters. The van der Waals surface area contributed by atoms with Crippen LogP contribution >= 0.6 is 15.9 Å². The average molecular weight is 478 g/mol. The number of halogens is 1. The summed E-state index contributed by atoms with van der Waals surface area (Å²) in [5, 5.41) is 12.1. The van der Waals surface area contributed by atoms with Gasteiger partial charge in [-0.05, 0) is 51.9 Å². The number of aliphatic hydroxyl groups excluding tert-OH is 1. The summed E-state index contributed by atoms with van der Waals surface area (Å²) in [6.45, 7) is 0.806. The van der Waals surface area contributed by atoms with Crippen LogP contribution in [-0.4, -0.2) is 24.4 Å². The first-order valence-corrected chi connectivity index (χ1v) is 11.1. The Morgan fingerprint density at radius 2 is 1.71 bits per heavy atom. The predicted molar refractivity (Wildman–Crippen MR) is 127 cm³/mol. The van der Waals surface area contributed by atoms with Gasteiger partial charge in [-0.15, -0.1) is 0 Å². The highest BCUT2D eigenvalue weighted by atomic mass is 79.9. The Bertz CT molecular complexity index is 1060. The molecule has 4 rings (SSSR count). The zero-order valence-electron chi connectivity index (χ0n) is 17.1. The third-order valence-corrected chi connectivity index (χ3v) is 6.25. The molecule has 2 N–H and O–H groups in total. The second-order valence-corrected chi connectivity index (χ2v) is 8.31. The molecule has 0 spiro atoms. The smallest absolute Gasteiger partial charge is 0.407 e. The Morgan fingerprint density at radius 3 is 2.39 bits per heavy atom. The molecule has 1 aliphatic rings. The van der Waals surface area contributed by atoms with E-state index >= 15 is 0 Å². The molecule has 0 aromatic heterocycles. The number of ether oxygens (including phenoxy) is 1. The van der Waals surface area contributed by atoms with Gasteiger partial charge in [0, 0.05) is 16.9 Å². The van der Waals surface area contributed by atoms with E-state index in [0.717, 1.165) is 15.6 Å². The SMILES string of the molecule is O=C(NCCC=Cc1ccc(Br)c(CO)c1)OCC1c2ccccc2-c2ccccc21. The first-order valence-electron chi connectivity index (χ1n) is 10.3. The minimum atomic E-state index is -0.401. The zero-order valence-corrected chi connectivity index (χ0v) is 18.6. The molecule has 0 fully saturated rings. The van der Waals surface area contributed by atoms with Crippen molar-refractivity contribution in [3.8, 4) is 11.1 Å². The number of rotatable bonds is 7. The molecule has 0 aliphatic heterocycles. The van der Waals surface area contributed by atoms with E-state index in [4.69, 9.17) is 4.74 Å². The molecule has 3 aromatic rings. The lowest BCUT2D eigenvalue weighted by Gasteiger charge is -2.14. The normalized spacial score (nSPS) is 12.6. The fourth-order valence-corrected chi connectivity index (χ4v) is 4.32. The van der Waals surface area contributed by atoms with Gasteiger partial charge in [0.05, 0.1) is 6.61 Å². The highest BCUT2D eigenvalue weighted by Gasteiger charge is 2.28. The highest BCUT2D eigenvalue weighted by Crippen LogP contribution is 2.44. The van der Waals surface area contributed by atoms with Crippen LogP contribution in [0.5, 0.6) is 0 Å². The summed E-state index contributed by atoms with van der Waals surface area (Å²) < 4.78 is 6.43. The summed E-state index contributed by atoms with van der Waals surface area (Å²) >= 11 is 3.41. The summed E-state index contributed by atoms with van der Waals surface area (Å²) in [6, 6.07) is 22.4. The molecule has 0 bridgehead atoms. The molecule has 0 heterocycles. The summed E-state index contributed by atoms with van der Waals surface area (Å²) in [5.41, 5.74) is 6.70. The number of carbonyl (C=O) groups is 1. The molecular formula is C26H24BrNO3. The molecule has 0 saturated carbocycles. The van der Waals surface area contributed by atoms with E-state index in [0.29, 0.717) is 19.6 Å². The van der Waals surface area contributed by atoms with Crippen LogP contribution in [-0.2, 0) is 11.3 Å². The molecule has 0 atom stereocenters. The van der Waals surface area contributed by atoms with E-state index in [1.54, 1.807) is 0 Å². The predicted octanol–water partition coefficient (Wildman–Crippen LogP) is 5.88. The fourth-order valence-electron chi connectivity index (χ4n) is 3.95. The maximum Gasteiger partial charge on any atom is 0.407 e. The quantitative estimate of drug-likeness (QED) is 0.417. The summed E-state index contributed by atoms with van der Waals surface area (Å²) in [6.07, 6.45) is 4.26. The number of amides is 1. The number of aliphatic hydroxyl groups is 1. The summed E-state index contributed by atoms with van der Waals surface area (Å²) in [5.74, 6) is 0.0659. The largest absolute Gasteiger partial charge is 0.449 e. The molecule has 31 heavy (non-hydrogen) atoms. The Labute approximate surface area is 190 Å². The van der Waals surface area contributed by atoms with Gasteiger partial charge in [0.25, 0.3) is 0 Å². The van der Waals surface area contributed by atoms with E-state index in [-0.39, 0.29) is 12.5 Å².